The second-order valence-corrected chi connectivity index (χ2v) is 4.21. The van der Waals surface area contributed by atoms with E-state index < -0.39 is 6.04 Å². The van der Waals surface area contributed by atoms with Gasteiger partial charge in [0.1, 0.15) is 6.04 Å². The third-order valence-corrected chi connectivity index (χ3v) is 2.41. The molecule has 1 amide bonds. The summed E-state index contributed by atoms with van der Waals surface area (Å²) in [7, 11) is 3.39. The molecule has 0 aromatic carbocycles. The first kappa shape index (κ1) is 15.9. The summed E-state index contributed by atoms with van der Waals surface area (Å²) >= 11 is 0. The smallest absolute Gasteiger partial charge is 0.323 e. The summed E-state index contributed by atoms with van der Waals surface area (Å²) < 4.78 is 4.97. The van der Waals surface area contributed by atoms with Crippen molar-refractivity contribution in [3.63, 3.8) is 0 Å². The molecule has 0 aromatic heterocycles. The van der Waals surface area contributed by atoms with Crippen LogP contribution in [0.2, 0.25) is 0 Å². The number of amides is 1. The Kier molecular flexibility index (Phi) is 7.54. The van der Waals surface area contributed by atoms with E-state index >= 15 is 0 Å². The molecule has 0 saturated heterocycles. The van der Waals surface area contributed by atoms with Crippen LogP contribution in [0, 0.1) is 0 Å². The number of nitrogens with zero attached hydrogens (tertiary/aromatic N) is 1. The number of hydrogen-bond donors (Lipinski definition) is 1. The average molecular weight is 244 g/mol. The van der Waals surface area contributed by atoms with Gasteiger partial charge < -0.3 is 9.64 Å². The molecule has 2 unspecified atom stereocenters. The zero-order chi connectivity index (χ0) is 13.4. The Morgan fingerprint density at radius 3 is 2.29 bits per heavy atom. The lowest BCUT2D eigenvalue weighted by Crippen LogP contribution is -2.49. The van der Waals surface area contributed by atoms with Crippen molar-refractivity contribution < 1.29 is 14.3 Å². The molecule has 0 spiro atoms. The normalized spacial score (nSPS) is 13.9. The lowest BCUT2D eigenvalue weighted by molar-refractivity contribution is -0.146. The summed E-state index contributed by atoms with van der Waals surface area (Å²) in [6.07, 6.45) is 1.53. The van der Waals surface area contributed by atoms with Crippen LogP contribution in [0.15, 0.2) is 0 Å². The van der Waals surface area contributed by atoms with Gasteiger partial charge in [0.15, 0.2) is 0 Å². The van der Waals surface area contributed by atoms with E-state index in [4.69, 9.17) is 4.74 Å². The molecule has 0 aliphatic rings. The predicted octanol–water partition coefficient (Wildman–Crippen LogP) is 0.785. The summed E-state index contributed by atoms with van der Waals surface area (Å²) in [4.78, 5) is 24.8. The van der Waals surface area contributed by atoms with Crippen LogP contribution in [-0.4, -0.2) is 49.6 Å². The Bertz CT molecular complexity index is 254. The first-order valence-corrected chi connectivity index (χ1v) is 6.07. The van der Waals surface area contributed by atoms with E-state index in [2.05, 4.69) is 5.32 Å². The molecule has 5 heteroatoms. The highest BCUT2D eigenvalue weighted by Crippen LogP contribution is 2.02. The monoisotopic (exact) mass is 244 g/mol. The number of nitrogens with one attached hydrogen (secondary N) is 1. The number of carbonyl (C=O) groups excluding carboxylic acids is 2. The molecule has 100 valence electrons. The van der Waals surface area contributed by atoms with E-state index in [1.807, 2.05) is 6.92 Å². The number of rotatable bonds is 7. The lowest BCUT2D eigenvalue weighted by Gasteiger charge is -2.23. The fourth-order valence-electron chi connectivity index (χ4n) is 1.56. The minimum absolute atomic E-state index is 0.0459. The highest BCUT2D eigenvalue weighted by Gasteiger charge is 2.24. The molecule has 0 saturated carbocycles. The van der Waals surface area contributed by atoms with E-state index in [1.165, 1.54) is 4.90 Å². The standard InChI is InChI=1S/C12H24N2O3/c1-6-8-10(12(16)17-7-2)13-9(3)11(15)14(4)5/h9-10,13H,6-8H2,1-5H3. The topological polar surface area (TPSA) is 58.6 Å². The van der Waals surface area contributed by atoms with Gasteiger partial charge in [0.05, 0.1) is 12.6 Å². The largest absolute Gasteiger partial charge is 0.465 e. The van der Waals surface area contributed by atoms with Crippen molar-refractivity contribution >= 4 is 11.9 Å². The van der Waals surface area contributed by atoms with Gasteiger partial charge in [0.25, 0.3) is 0 Å². The van der Waals surface area contributed by atoms with Crippen molar-refractivity contribution in [3.8, 4) is 0 Å². The van der Waals surface area contributed by atoms with E-state index in [9.17, 15) is 9.59 Å². The number of ether oxygens (including phenoxy) is 1. The molecule has 0 bridgehead atoms. The first-order chi connectivity index (χ1) is 7.93. The van der Waals surface area contributed by atoms with Crippen molar-refractivity contribution in [1.29, 1.82) is 0 Å². The molecule has 0 fully saturated rings. The van der Waals surface area contributed by atoms with Crippen LogP contribution in [0.3, 0.4) is 0 Å². The quantitative estimate of drug-likeness (QED) is 0.673. The Balaban J connectivity index is 4.43. The van der Waals surface area contributed by atoms with E-state index in [1.54, 1.807) is 27.9 Å². The average Bonchev–Trinajstić information content (AvgIpc) is 2.27. The van der Waals surface area contributed by atoms with Gasteiger partial charge in [-0.3, -0.25) is 14.9 Å². The summed E-state index contributed by atoms with van der Waals surface area (Å²) in [6, 6.07) is -0.787. The van der Waals surface area contributed by atoms with Crippen LogP contribution in [-0.2, 0) is 14.3 Å². The Morgan fingerprint density at radius 1 is 1.29 bits per heavy atom. The molecule has 17 heavy (non-hydrogen) atoms. The van der Waals surface area contributed by atoms with Crippen LogP contribution in [0.5, 0.6) is 0 Å². The van der Waals surface area contributed by atoms with Crippen molar-refractivity contribution in [2.45, 2.75) is 45.7 Å². The maximum Gasteiger partial charge on any atom is 0.323 e. The van der Waals surface area contributed by atoms with E-state index in [-0.39, 0.29) is 17.9 Å². The summed E-state index contributed by atoms with van der Waals surface area (Å²) in [5, 5.41) is 3.02. The molecule has 0 aliphatic heterocycles. The maximum absolute atomic E-state index is 11.7. The van der Waals surface area contributed by atoms with Crippen LogP contribution in [0.1, 0.15) is 33.6 Å². The summed E-state index contributed by atoms with van der Waals surface area (Å²) in [5.41, 5.74) is 0. The molecule has 0 aromatic rings. The SMILES string of the molecule is CCCC(NC(C)C(=O)N(C)C)C(=O)OCC. The van der Waals surface area contributed by atoms with Gasteiger partial charge >= 0.3 is 5.97 Å². The van der Waals surface area contributed by atoms with Crippen LogP contribution < -0.4 is 5.32 Å². The third kappa shape index (κ3) is 5.68. The number of likely N-dealkylation sites (N-methyl/N-ethyl adjacent to an activating group) is 1. The van der Waals surface area contributed by atoms with Gasteiger partial charge in [0.2, 0.25) is 5.91 Å². The van der Waals surface area contributed by atoms with Crippen molar-refractivity contribution in [3.05, 3.63) is 0 Å². The van der Waals surface area contributed by atoms with Gasteiger partial charge in [0, 0.05) is 14.1 Å². The van der Waals surface area contributed by atoms with Gasteiger partial charge in [-0.05, 0) is 20.3 Å². The number of hydrogen-bond acceptors (Lipinski definition) is 4. The second kappa shape index (κ2) is 8.06. The van der Waals surface area contributed by atoms with E-state index in [0.29, 0.717) is 13.0 Å². The molecular weight excluding hydrogens is 220 g/mol. The second-order valence-electron chi connectivity index (χ2n) is 4.21. The van der Waals surface area contributed by atoms with Crippen LogP contribution in [0.4, 0.5) is 0 Å². The predicted molar refractivity (Wildman–Crippen MR) is 66.6 cm³/mol. The Morgan fingerprint density at radius 2 is 1.88 bits per heavy atom. The third-order valence-electron chi connectivity index (χ3n) is 2.41. The van der Waals surface area contributed by atoms with Crippen LogP contribution >= 0.6 is 0 Å². The summed E-state index contributed by atoms with van der Waals surface area (Å²) in [6.45, 7) is 5.88. The molecule has 5 nitrogen and oxygen atoms in total. The molecule has 0 radical (unpaired) electrons. The molecular formula is C12H24N2O3. The Labute approximate surface area is 103 Å². The molecule has 2 atom stereocenters. The molecule has 1 N–H and O–H groups in total. The Hall–Kier alpha value is -1.10. The lowest BCUT2D eigenvalue weighted by atomic mass is 10.1. The van der Waals surface area contributed by atoms with Crippen molar-refractivity contribution in [1.82, 2.24) is 10.2 Å². The van der Waals surface area contributed by atoms with Crippen molar-refractivity contribution in [2.75, 3.05) is 20.7 Å². The summed E-state index contributed by atoms with van der Waals surface area (Å²) in [5.74, 6) is -0.330. The van der Waals surface area contributed by atoms with Crippen molar-refractivity contribution in [2.24, 2.45) is 0 Å². The van der Waals surface area contributed by atoms with Gasteiger partial charge in [-0.2, -0.15) is 0 Å². The molecule has 0 aliphatic carbocycles. The minimum Gasteiger partial charge on any atom is -0.465 e. The zero-order valence-corrected chi connectivity index (χ0v) is 11.4. The fourth-order valence-corrected chi connectivity index (χ4v) is 1.56. The number of esters is 1. The maximum atomic E-state index is 11.7. The number of carbonyl (C=O) groups is 2. The minimum atomic E-state index is -0.404. The van der Waals surface area contributed by atoms with Crippen LogP contribution in [0.25, 0.3) is 0 Å². The van der Waals surface area contributed by atoms with Gasteiger partial charge in [-0.15, -0.1) is 0 Å². The molecule has 0 heterocycles. The van der Waals surface area contributed by atoms with E-state index in [0.717, 1.165) is 6.42 Å². The zero-order valence-electron chi connectivity index (χ0n) is 11.4. The van der Waals surface area contributed by atoms with Gasteiger partial charge in [-0.1, -0.05) is 13.3 Å². The van der Waals surface area contributed by atoms with Gasteiger partial charge in [-0.25, -0.2) is 0 Å². The highest BCUT2D eigenvalue weighted by molar-refractivity contribution is 5.82. The molecule has 0 rings (SSSR count). The highest BCUT2D eigenvalue weighted by atomic mass is 16.5. The first-order valence-electron chi connectivity index (χ1n) is 6.07. The fraction of sp³-hybridized carbons (Fsp3) is 0.833.